The lowest BCUT2D eigenvalue weighted by atomic mass is 9.84. The lowest BCUT2D eigenvalue weighted by Crippen LogP contribution is -2.47. The second-order valence-electron chi connectivity index (χ2n) is 11.2. The maximum absolute atomic E-state index is 13.4. The fraction of sp³-hybridized carbons (Fsp3) is 0.654. The first-order valence-electron chi connectivity index (χ1n) is 13.1. The van der Waals surface area contributed by atoms with E-state index in [4.69, 9.17) is 0 Å². The molecule has 3 rings (SSSR count). The number of hydrogen-bond donors (Lipinski definition) is 2. The van der Waals surface area contributed by atoms with Gasteiger partial charge in [-0.05, 0) is 50.7 Å². The van der Waals surface area contributed by atoms with Gasteiger partial charge >= 0.3 is 12.8 Å². The number of carbonyl (C=O) groups excluding carboxylic acids is 1. The molecule has 0 bridgehead atoms. The third-order valence-corrected chi connectivity index (χ3v) is 9.17. The van der Waals surface area contributed by atoms with Crippen molar-refractivity contribution in [2.75, 3.05) is 12.8 Å². The molecule has 2 heterocycles. The lowest BCUT2D eigenvalue weighted by molar-refractivity contribution is -0.211. The van der Waals surface area contributed by atoms with Crippen molar-refractivity contribution in [2.45, 2.75) is 89.9 Å². The number of imidazole rings is 1. The molecule has 15 heteroatoms. The highest BCUT2D eigenvalue weighted by Gasteiger charge is 2.47. The average Bonchev–Trinajstić information content (AvgIpc) is 3.17. The molecule has 0 saturated heterocycles. The number of ether oxygens (including phenoxy) is 1. The van der Waals surface area contributed by atoms with Gasteiger partial charge in [-0.25, -0.2) is 18.4 Å². The summed E-state index contributed by atoms with van der Waals surface area (Å²) in [5.41, 5.74) is -3.29. The number of sulfone groups is 1. The normalized spacial score (nSPS) is 20.3. The van der Waals surface area contributed by atoms with Crippen molar-refractivity contribution in [3.8, 4) is 11.6 Å². The van der Waals surface area contributed by atoms with Gasteiger partial charge in [0, 0.05) is 25.4 Å². The molecule has 0 atom stereocenters. The molecule has 0 unspecified atom stereocenters. The molecule has 2 aromatic heterocycles. The topological polar surface area (TPSA) is 123 Å². The second-order valence-corrected chi connectivity index (χ2v) is 13.5. The quantitative estimate of drug-likeness (QED) is 0.384. The van der Waals surface area contributed by atoms with E-state index in [9.17, 15) is 40.3 Å². The van der Waals surface area contributed by atoms with Crippen LogP contribution >= 0.6 is 0 Å². The van der Waals surface area contributed by atoms with Gasteiger partial charge < -0.3 is 15.2 Å². The molecular formula is C26H35F5N4O5S. The highest BCUT2D eigenvalue weighted by Crippen LogP contribution is 2.41. The first-order valence-corrected chi connectivity index (χ1v) is 15.0. The Morgan fingerprint density at radius 3 is 2.39 bits per heavy atom. The Balaban J connectivity index is 1.89. The van der Waals surface area contributed by atoms with Crippen LogP contribution in [0, 0.1) is 12.3 Å². The van der Waals surface area contributed by atoms with Gasteiger partial charge in [-0.1, -0.05) is 20.8 Å². The zero-order chi connectivity index (χ0) is 31.0. The average molecular weight is 611 g/mol. The van der Waals surface area contributed by atoms with E-state index in [1.807, 2.05) is 0 Å². The number of aliphatic hydroxyl groups is 1. The van der Waals surface area contributed by atoms with Crippen LogP contribution < -0.4 is 10.1 Å². The van der Waals surface area contributed by atoms with Crippen molar-refractivity contribution in [2.24, 2.45) is 5.41 Å². The van der Waals surface area contributed by atoms with Gasteiger partial charge in [0.15, 0.2) is 11.6 Å². The van der Waals surface area contributed by atoms with Crippen LogP contribution in [0.3, 0.4) is 0 Å². The van der Waals surface area contributed by atoms with Gasteiger partial charge in [0.25, 0.3) is 5.91 Å². The molecule has 1 fully saturated rings. The summed E-state index contributed by atoms with van der Waals surface area (Å²) in [6.07, 6.45) is -1.68. The monoisotopic (exact) mass is 610 g/mol. The maximum Gasteiger partial charge on any atom is 0.394 e. The van der Waals surface area contributed by atoms with Gasteiger partial charge in [-0.2, -0.15) is 22.0 Å². The Morgan fingerprint density at radius 1 is 1.27 bits per heavy atom. The van der Waals surface area contributed by atoms with E-state index in [0.717, 1.165) is 32.4 Å². The number of hydrogen-bond acceptors (Lipinski definition) is 7. The molecule has 2 N–H and O–H groups in total. The van der Waals surface area contributed by atoms with Gasteiger partial charge in [-0.15, -0.1) is 0 Å². The van der Waals surface area contributed by atoms with E-state index >= 15 is 0 Å². The summed E-state index contributed by atoms with van der Waals surface area (Å²) >= 11 is 0. The molecule has 9 nitrogen and oxygen atoms in total. The Labute approximate surface area is 235 Å². The molecule has 0 aromatic carbocycles. The molecular weight excluding hydrogens is 575 g/mol. The van der Waals surface area contributed by atoms with Crippen molar-refractivity contribution >= 4 is 15.7 Å². The number of halogens is 5. The van der Waals surface area contributed by atoms with Crippen LogP contribution in [0.5, 0.6) is 5.75 Å². The van der Waals surface area contributed by atoms with E-state index in [1.165, 1.54) is 11.5 Å². The van der Waals surface area contributed by atoms with Gasteiger partial charge in [-0.3, -0.25) is 9.36 Å². The number of carbonyl (C=O) groups is 1. The fourth-order valence-corrected chi connectivity index (χ4v) is 5.98. The van der Waals surface area contributed by atoms with E-state index < -0.39 is 57.0 Å². The summed E-state index contributed by atoms with van der Waals surface area (Å²) in [4.78, 5) is 21.6. The number of aryl methyl sites for hydroxylation is 1. The molecule has 1 saturated carbocycles. The summed E-state index contributed by atoms with van der Waals surface area (Å²) in [6.45, 7) is 1.73. The Hall–Kier alpha value is -2.81. The van der Waals surface area contributed by atoms with Crippen molar-refractivity contribution in [1.82, 2.24) is 19.9 Å². The molecule has 41 heavy (non-hydrogen) atoms. The molecule has 2 aromatic rings. The SMILES string of the molecule is CCc1nc(C(=O)NC[C@]2(O)CC[C@H](S(C)(=O)=O)CC2)c(C)n1-c1ncc(CC(C)(C)C(F)(F)F)cc1OC(F)F. The predicted octanol–water partition coefficient (Wildman–Crippen LogP) is 4.32. The number of pyridine rings is 1. The van der Waals surface area contributed by atoms with Crippen molar-refractivity contribution < 1.29 is 45.0 Å². The molecule has 0 spiro atoms. The predicted molar refractivity (Wildman–Crippen MR) is 140 cm³/mol. The second kappa shape index (κ2) is 11.8. The van der Waals surface area contributed by atoms with E-state index in [-0.39, 0.29) is 67.2 Å². The number of aromatic nitrogens is 3. The first-order chi connectivity index (χ1) is 18.8. The highest BCUT2D eigenvalue weighted by molar-refractivity contribution is 7.91. The summed E-state index contributed by atoms with van der Waals surface area (Å²) in [7, 11) is -3.24. The number of nitrogens with one attached hydrogen (secondary N) is 1. The number of nitrogens with zero attached hydrogens (tertiary/aromatic N) is 3. The molecule has 1 aliphatic carbocycles. The smallest absolute Gasteiger partial charge is 0.394 e. The molecule has 0 aliphatic heterocycles. The van der Waals surface area contributed by atoms with Gasteiger partial charge in [0.1, 0.15) is 21.4 Å². The third kappa shape index (κ3) is 7.53. The zero-order valence-electron chi connectivity index (χ0n) is 23.5. The van der Waals surface area contributed by atoms with E-state index in [1.54, 1.807) is 6.92 Å². The van der Waals surface area contributed by atoms with E-state index in [0.29, 0.717) is 0 Å². The molecule has 0 radical (unpaired) electrons. The van der Waals surface area contributed by atoms with Gasteiger partial charge in [0.05, 0.1) is 22.0 Å². The summed E-state index contributed by atoms with van der Waals surface area (Å²) in [6, 6.07) is 1.07. The third-order valence-electron chi connectivity index (χ3n) is 7.49. The van der Waals surface area contributed by atoms with Crippen LogP contribution in [0.4, 0.5) is 22.0 Å². The minimum atomic E-state index is -4.55. The minimum absolute atomic E-state index is 0.0272. The summed E-state index contributed by atoms with van der Waals surface area (Å²) in [5.74, 6) is -1.04. The minimum Gasteiger partial charge on any atom is -0.431 e. The number of amides is 1. The maximum atomic E-state index is 13.4. The zero-order valence-corrected chi connectivity index (χ0v) is 24.3. The Morgan fingerprint density at radius 2 is 1.88 bits per heavy atom. The van der Waals surface area contributed by atoms with Crippen LogP contribution in [0.25, 0.3) is 5.82 Å². The van der Waals surface area contributed by atoms with Crippen LogP contribution in [-0.4, -0.2) is 70.4 Å². The fourth-order valence-electron chi connectivity index (χ4n) is 4.89. The van der Waals surface area contributed by atoms with Gasteiger partial charge in [0.2, 0.25) is 0 Å². The van der Waals surface area contributed by atoms with Crippen molar-refractivity contribution in [3.05, 3.63) is 35.0 Å². The Bertz CT molecular complexity index is 1370. The van der Waals surface area contributed by atoms with Crippen LogP contribution in [0.1, 0.15) is 74.0 Å². The highest BCUT2D eigenvalue weighted by atomic mass is 32.2. The lowest BCUT2D eigenvalue weighted by Gasteiger charge is -2.35. The first kappa shape index (κ1) is 32.7. The van der Waals surface area contributed by atoms with Crippen molar-refractivity contribution in [3.63, 3.8) is 0 Å². The number of rotatable bonds is 10. The molecule has 1 aliphatic rings. The Kier molecular flexibility index (Phi) is 9.43. The summed E-state index contributed by atoms with van der Waals surface area (Å²) < 4.78 is 96.4. The molecule has 1 amide bonds. The van der Waals surface area contributed by atoms with Crippen LogP contribution in [-0.2, 0) is 22.7 Å². The van der Waals surface area contributed by atoms with Crippen molar-refractivity contribution in [1.29, 1.82) is 0 Å². The van der Waals surface area contributed by atoms with Crippen LogP contribution in [0.2, 0.25) is 0 Å². The largest absolute Gasteiger partial charge is 0.431 e. The number of alkyl halides is 5. The summed E-state index contributed by atoms with van der Waals surface area (Å²) in [5, 5.41) is 13.0. The standard InChI is InChI=1S/C26H35F5N4O5S/c1-6-19-34-20(22(36)33-14-25(37)9-7-17(8-10-25)41(5,38)39)15(2)35(19)21-18(40-23(27)28)11-16(13-32-21)12-24(3,4)26(29,30)31/h11,13,17,23,37H,6-10,12,14H2,1-5H3,(H,33,36)/t17-,25-. The van der Waals surface area contributed by atoms with E-state index in [2.05, 4.69) is 20.0 Å². The van der Waals surface area contributed by atoms with Crippen LogP contribution in [0.15, 0.2) is 12.3 Å². The molecule has 230 valence electrons.